The molecule has 44 valence electrons. The molecule has 0 atom stereocenters. The fourth-order valence-electron chi connectivity index (χ4n) is 0.575. The lowest BCUT2D eigenvalue weighted by molar-refractivity contribution is 0.325. The minimum atomic E-state index is -1.40. The van der Waals surface area contributed by atoms with Crippen molar-refractivity contribution in [3.63, 3.8) is 0 Å². The van der Waals surface area contributed by atoms with Crippen LogP contribution in [0.1, 0.15) is 22.0 Å². The Morgan fingerprint density at radius 2 is 2.29 bits per heavy atom. The smallest absolute Gasteiger partial charge is 0.0428 e. The van der Waals surface area contributed by atoms with Gasteiger partial charge >= 0.3 is 0 Å². The molecular weight excluding hydrogens is 110 g/mol. The number of rotatable bonds is 1. The fraction of sp³-hybridized carbons (Fsp3) is 1.00. The van der Waals surface area contributed by atoms with E-state index in [0.717, 1.165) is 19.3 Å². The molecule has 7 heavy (non-hydrogen) atoms. The second-order valence-electron chi connectivity index (χ2n) is 1.79. The summed E-state index contributed by atoms with van der Waals surface area (Å²) in [7, 11) is 0. The summed E-state index contributed by atoms with van der Waals surface area (Å²) in [4.78, 5) is 0. The third-order valence-corrected chi connectivity index (χ3v) is 1.34. The molecule has 0 heterocycles. The maximum absolute atomic E-state index is 7.03. The van der Waals surface area contributed by atoms with Crippen LogP contribution in [-0.4, -0.2) is 6.50 Å². The lowest BCUT2D eigenvalue weighted by Gasteiger charge is -2.22. The molecular formula is C5H12ClN. The molecule has 0 saturated heterocycles. The Labute approximate surface area is 53.5 Å². The number of hydrogen-bond donors (Lipinski definition) is 1. The highest BCUT2D eigenvalue weighted by molar-refractivity contribution is 5.85. The van der Waals surface area contributed by atoms with E-state index in [1.54, 1.807) is 0 Å². The number of hydrogen-bond acceptors (Lipinski definition) is 1. The summed E-state index contributed by atoms with van der Waals surface area (Å²) < 4.78 is 14.1. The zero-order valence-electron chi connectivity index (χ0n) is 6.18. The van der Waals surface area contributed by atoms with Crippen LogP contribution >= 0.6 is 12.4 Å². The first kappa shape index (κ1) is 4.16. The molecule has 2 heteroatoms. The first-order chi connectivity index (χ1) is 3.61. The highest BCUT2D eigenvalue weighted by Crippen LogP contribution is 2.24. The van der Waals surface area contributed by atoms with Gasteiger partial charge in [0.15, 0.2) is 0 Å². The minimum absolute atomic E-state index is 0. The zero-order valence-corrected chi connectivity index (χ0v) is 5.00. The van der Waals surface area contributed by atoms with Gasteiger partial charge in [-0.05, 0) is 25.3 Å². The molecule has 0 radical (unpaired) electrons. The summed E-state index contributed by atoms with van der Waals surface area (Å²) in [5.41, 5.74) is 5.17. The van der Waals surface area contributed by atoms with Crippen molar-refractivity contribution in [3.05, 3.63) is 0 Å². The molecule has 2 N–H and O–H groups in total. The Morgan fingerprint density at radius 1 is 1.71 bits per heavy atom. The summed E-state index contributed by atoms with van der Waals surface area (Å²) in [5, 5.41) is 0. The maximum atomic E-state index is 7.03. The van der Waals surface area contributed by atoms with E-state index in [1.807, 2.05) is 0 Å². The van der Waals surface area contributed by atoms with Gasteiger partial charge in [0.1, 0.15) is 0 Å². The molecule has 1 nitrogen and oxygen atoms in total. The summed E-state index contributed by atoms with van der Waals surface area (Å²) >= 11 is 0. The summed E-state index contributed by atoms with van der Waals surface area (Å²) in [6.45, 7) is -1.40. The Kier molecular flexibility index (Phi) is 1.95. The van der Waals surface area contributed by atoms with Crippen LogP contribution < -0.4 is 5.73 Å². The fourth-order valence-corrected chi connectivity index (χ4v) is 0.575. The largest absolute Gasteiger partial charge is 0.330 e. The molecule has 0 bridgehead atoms. The van der Waals surface area contributed by atoms with E-state index in [0.29, 0.717) is 0 Å². The SMILES string of the molecule is Cl.[2H]C([2H])(N)C1CCC1. The normalized spacial score (nSPS) is 26.4. The van der Waals surface area contributed by atoms with Crippen molar-refractivity contribution in [2.24, 2.45) is 11.7 Å². The molecule has 1 saturated carbocycles. The standard InChI is InChI=1S/C5H11N.ClH/c6-4-5-2-1-3-5;/h5H,1-4,6H2;1H/i4D2;. The maximum Gasteiger partial charge on any atom is 0.0428 e. The average Bonchev–Trinajstić information content (AvgIpc) is 1.16. The van der Waals surface area contributed by atoms with Gasteiger partial charge in [0.05, 0.1) is 0 Å². The van der Waals surface area contributed by atoms with Crippen LogP contribution in [0.4, 0.5) is 0 Å². The van der Waals surface area contributed by atoms with Crippen molar-refractivity contribution in [1.29, 1.82) is 0 Å². The topological polar surface area (TPSA) is 26.0 Å². The zero-order chi connectivity index (χ0) is 6.20. The molecule has 0 amide bonds. The molecule has 0 aliphatic heterocycles. The van der Waals surface area contributed by atoms with E-state index in [2.05, 4.69) is 0 Å². The molecule has 0 aromatic rings. The van der Waals surface area contributed by atoms with Crippen molar-refractivity contribution in [2.75, 3.05) is 6.50 Å². The van der Waals surface area contributed by atoms with Gasteiger partial charge in [-0.2, -0.15) is 0 Å². The monoisotopic (exact) mass is 123 g/mol. The Bertz CT molecular complexity index is 87.4. The average molecular weight is 124 g/mol. The quantitative estimate of drug-likeness (QED) is 0.557. The third-order valence-electron chi connectivity index (χ3n) is 1.34. The second kappa shape index (κ2) is 3.28. The van der Waals surface area contributed by atoms with Gasteiger partial charge in [-0.25, -0.2) is 0 Å². The predicted octanol–water partition coefficient (Wildman–Crippen LogP) is 1.17. The van der Waals surface area contributed by atoms with E-state index in [9.17, 15) is 0 Å². The highest BCUT2D eigenvalue weighted by atomic mass is 35.5. The van der Waals surface area contributed by atoms with Gasteiger partial charge in [-0.1, -0.05) is 6.42 Å². The van der Waals surface area contributed by atoms with Gasteiger partial charge in [-0.15, -0.1) is 12.4 Å². The predicted molar refractivity (Wildman–Crippen MR) is 33.6 cm³/mol. The van der Waals surface area contributed by atoms with Crippen molar-refractivity contribution >= 4 is 12.4 Å². The number of nitrogens with two attached hydrogens (primary N) is 1. The highest BCUT2D eigenvalue weighted by Gasteiger charge is 2.13. The van der Waals surface area contributed by atoms with Crippen LogP contribution in [0, 0.1) is 5.92 Å². The second-order valence-corrected chi connectivity index (χ2v) is 1.79. The summed E-state index contributed by atoms with van der Waals surface area (Å²) in [5.74, 6) is 0.141. The van der Waals surface area contributed by atoms with Crippen LogP contribution in [0.3, 0.4) is 0 Å². The van der Waals surface area contributed by atoms with Crippen molar-refractivity contribution in [1.82, 2.24) is 0 Å². The molecule has 1 aliphatic carbocycles. The number of halogens is 1. The molecule has 1 rings (SSSR count). The van der Waals surface area contributed by atoms with Gasteiger partial charge in [0.2, 0.25) is 0 Å². The van der Waals surface area contributed by atoms with Gasteiger partial charge in [-0.3, -0.25) is 0 Å². The van der Waals surface area contributed by atoms with E-state index >= 15 is 0 Å². The van der Waals surface area contributed by atoms with Crippen LogP contribution in [0.25, 0.3) is 0 Å². The van der Waals surface area contributed by atoms with Crippen LogP contribution in [0.15, 0.2) is 0 Å². The first-order valence-electron chi connectivity index (χ1n) is 3.39. The third kappa shape index (κ3) is 1.66. The minimum Gasteiger partial charge on any atom is -0.330 e. The van der Waals surface area contributed by atoms with Crippen LogP contribution in [-0.2, 0) is 0 Å². The van der Waals surface area contributed by atoms with Crippen LogP contribution in [0.5, 0.6) is 0 Å². The van der Waals surface area contributed by atoms with Crippen molar-refractivity contribution < 1.29 is 2.74 Å². The van der Waals surface area contributed by atoms with E-state index in [4.69, 9.17) is 8.48 Å². The molecule has 0 unspecified atom stereocenters. The molecule has 1 fully saturated rings. The molecule has 0 spiro atoms. The Balaban J connectivity index is 0.000000640. The molecule has 0 aromatic carbocycles. The van der Waals surface area contributed by atoms with Gasteiger partial charge < -0.3 is 5.73 Å². The van der Waals surface area contributed by atoms with Crippen LogP contribution in [0.2, 0.25) is 0 Å². The van der Waals surface area contributed by atoms with E-state index in [-0.39, 0.29) is 18.3 Å². The van der Waals surface area contributed by atoms with Gasteiger partial charge in [0.25, 0.3) is 0 Å². The summed E-state index contributed by atoms with van der Waals surface area (Å²) in [6.07, 6.45) is 3.11. The van der Waals surface area contributed by atoms with Crippen molar-refractivity contribution in [2.45, 2.75) is 19.3 Å². The lowest BCUT2D eigenvalue weighted by atomic mass is 9.86. The Morgan fingerprint density at radius 3 is 2.29 bits per heavy atom. The van der Waals surface area contributed by atoms with E-state index < -0.39 is 6.50 Å². The molecule has 1 aliphatic rings. The Hall–Kier alpha value is 0.250. The first-order valence-corrected chi connectivity index (χ1v) is 2.39. The lowest BCUT2D eigenvalue weighted by Crippen LogP contribution is -2.20. The van der Waals surface area contributed by atoms with Crippen molar-refractivity contribution in [3.8, 4) is 0 Å². The summed E-state index contributed by atoms with van der Waals surface area (Å²) in [6, 6.07) is 0. The van der Waals surface area contributed by atoms with Gasteiger partial charge in [0, 0.05) is 2.74 Å². The molecule has 0 aromatic heterocycles. The van der Waals surface area contributed by atoms with E-state index in [1.165, 1.54) is 0 Å².